The molecule has 0 N–H and O–H groups in total. The van der Waals surface area contributed by atoms with Crippen LogP contribution in [0.4, 0.5) is 4.39 Å². The van der Waals surface area contributed by atoms with E-state index in [1.807, 2.05) is 36.4 Å². The molecule has 0 fully saturated rings. The number of aromatic nitrogens is 2. The molecule has 0 aliphatic rings. The molecule has 0 saturated heterocycles. The van der Waals surface area contributed by atoms with Crippen LogP contribution in [-0.4, -0.2) is 22.4 Å². The van der Waals surface area contributed by atoms with Crippen LogP contribution >= 0.6 is 0 Å². The van der Waals surface area contributed by atoms with E-state index in [0.717, 1.165) is 10.2 Å². The number of carbonyl (C=O) groups excluding carboxylic acids is 1. The van der Waals surface area contributed by atoms with Crippen LogP contribution in [0, 0.1) is 5.82 Å². The highest BCUT2D eigenvalue weighted by Gasteiger charge is 2.11. The van der Waals surface area contributed by atoms with E-state index in [0.29, 0.717) is 5.69 Å². The minimum atomic E-state index is -0.654. The molecule has 0 atom stereocenters. The first-order valence-electron chi connectivity index (χ1n) is 7.88. The van der Waals surface area contributed by atoms with Gasteiger partial charge in [0.15, 0.2) is 5.69 Å². The number of rotatable bonds is 5. The molecule has 0 spiro atoms. The normalized spacial score (nSPS) is 10.8. The second-order valence-corrected chi connectivity index (χ2v) is 5.36. The quantitative estimate of drug-likeness (QED) is 0.663. The summed E-state index contributed by atoms with van der Waals surface area (Å²) in [5.41, 5.74) is 0.903. The van der Waals surface area contributed by atoms with Gasteiger partial charge in [-0.3, -0.25) is 4.79 Å². The van der Waals surface area contributed by atoms with Crippen molar-refractivity contribution in [1.82, 2.24) is 9.78 Å². The molecule has 3 rings (SSSR count). The summed E-state index contributed by atoms with van der Waals surface area (Å²) < 4.78 is 19.2. The fourth-order valence-corrected chi connectivity index (χ4v) is 2.23. The van der Waals surface area contributed by atoms with Crippen molar-refractivity contribution in [3.05, 3.63) is 100 Å². The van der Waals surface area contributed by atoms with Crippen LogP contribution < -0.4 is 5.56 Å². The number of hydrogen-bond donors (Lipinski definition) is 0. The highest BCUT2D eigenvalue weighted by Crippen LogP contribution is 2.06. The van der Waals surface area contributed by atoms with Gasteiger partial charge in [0.1, 0.15) is 12.4 Å². The molecule has 1 aromatic heterocycles. The third-order valence-electron chi connectivity index (χ3n) is 3.50. The summed E-state index contributed by atoms with van der Waals surface area (Å²) in [6, 6.07) is 17.3. The number of ether oxygens (including phenoxy) is 1. The smallest absolute Gasteiger partial charge is 0.359 e. The maximum atomic E-state index is 13.0. The lowest BCUT2D eigenvalue weighted by molar-refractivity contribution is 0.0541. The number of esters is 1. The van der Waals surface area contributed by atoms with Gasteiger partial charge in [-0.15, -0.1) is 0 Å². The largest absolute Gasteiger partial charge is 0.457 e. The number of carbonyl (C=O) groups is 1. The van der Waals surface area contributed by atoms with Gasteiger partial charge >= 0.3 is 5.97 Å². The minimum absolute atomic E-state index is 0.0120. The van der Waals surface area contributed by atoms with Gasteiger partial charge in [0.2, 0.25) is 0 Å². The Bertz CT molecular complexity index is 980. The first kappa shape index (κ1) is 17.3. The molecule has 3 aromatic rings. The van der Waals surface area contributed by atoms with Crippen molar-refractivity contribution in [3.63, 3.8) is 0 Å². The second kappa shape index (κ2) is 8.02. The monoisotopic (exact) mass is 350 g/mol. The molecule has 2 aromatic carbocycles. The van der Waals surface area contributed by atoms with E-state index >= 15 is 0 Å². The molecule has 0 amide bonds. The molecule has 5 nitrogen and oxygen atoms in total. The zero-order valence-electron chi connectivity index (χ0n) is 13.7. The van der Waals surface area contributed by atoms with Crippen molar-refractivity contribution < 1.29 is 13.9 Å². The van der Waals surface area contributed by atoms with E-state index in [1.165, 1.54) is 36.4 Å². The van der Waals surface area contributed by atoms with E-state index in [1.54, 1.807) is 6.08 Å². The van der Waals surface area contributed by atoms with Crippen LogP contribution in [0.2, 0.25) is 0 Å². The molecule has 0 aliphatic heterocycles. The molecule has 0 unspecified atom stereocenters. The van der Waals surface area contributed by atoms with Crippen LogP contribution in [0.3, 0.4) is 0 Å². The van der Waals surface area contributed by atoms with E-state index < -0.39 is 17.3 Å². The summed E-state index contributed by atoms with van der Waals surface area (Å²) in [5, 5.41) is 3.99. The van der Waals surface area contributed by atoms with Crippen LogP contribution in [-0.2, 0) is 4.74 Å². The summed E-state index contributed by atoms with van der Waals surface area (Å²) in [7, 11) is 0. The second-order valence-electron chi connectivity index (χ2n) is 5.36. The third-order valence-corrected chi connectivity index (χ3v) is 3.50. The summed E-state index contributed by atoms with van der Waals surface area (Å²) in [5.74, 6) is -1.08. The maximum absolute atomic E-state index is 13.0. The lowest BCUT2D eigenvalue weighted by Crippen LogP contribution is -2.23. The molecular formula is C20H15FN2O3. The third kappa shape index (κ3) is 4.30. The van der Waals surface area contributed by atoms with Gasteiger partial charge in [0, 0.05) is 6.07 Å². The van der Waals surface area contributed by atoms with Crippen molar-refractivity contribution in [2.24, 2.45) is 0 Å². The first-order chi connectivity index (χ1) is 12.6. The zero-order valence-corrected chi connectivity index (χ0v) is 13.7. The average molecular weight is 350 g/mol. The first-order valence-corrected chi connectivity index (χ1v) is 7.88. The molecule has 26 heavy (non-hydrogen) atoms. The van der Waals surface area contributed by atoms with Crippen molar-refractivity contribution in [3.8, 4) is 5.69 Å². The van der Waals surface area contributed by atoms with Crippen LogP contribution in [0.25, 0.3) is 11.8 Å². The fourth-order valence-electron chi connectivity index (χ4n) is 2.23. The summed E-state index contributed by atoms with van der Waals surface area (Å²) in [6.07, 6.45) is 3.55. The van der Waals surface area contributed by atoms with Gasteiger partial charge in [-0.25, -0.2) is 9.18 Å². The van der Waals surface area contributed by atoms with Crippen molar-refractivity contribution in [1.29, 1.82) is 0 Å². The minimum Gasteiger partial charge on any atom is -0.457 e. The molecule has 0 bridgehead atoms. The van der Waals surface area contributed by atoms with E-state index in [-0.39, 0.29) is 12.3 Å². The summed E-state index contributed by atoms with van der Waals surface area (Å²) in [4.78, 5) is 24.1. The standard InChI is InChI=1S/C20H15FN2O3/c21-16-8-10-17(11-9-16)23-19(24)13-12-18(22-23)20(25)26-14-4-7-15-5-2-1-3-6-15/h1-13H,14H2/b7-4+. The van der Waals surface area contributed by atoms with Crippen LogP contribution in [0.1, 0.15) is 16.1 Å². The van der Waals surface area contributed by atoms with Crippen molar-refractivity contribution >= 4 is 12.0 Å². The number of nitrogens with zero attached hydrogens (tertiary/aromatic N) is 2. The van der Waals surface area contributed by atoms with Gasteiger partial charge in [-0.05, 0) is 42.0 Å². The maximum Gasteiger partial charge on any atom is 0.359 e. The molecule has 1 heterocycles. The Hall–Kier alpha value is -3.54. The van der Waals surface area contributed by atoms with E-state index in [9.17, 15) is 14.0 Å². The average Bonchev–Trinajstić information content (AvgIpc) is 2.67. The predicted octanol–water partition coefficient (Wildman–Crippen LogP) is 3.24. The Morgan fingerprint density at radius 2 is 1.77 bits per heavy atom. The molecule has 0 radical (unpaired) electrons. The van der Waals surface area contributed by atoms with E-state index in [4.69, 9.17) is 4.74 Å². The van der Waals surface area contributed by atoms with Crippen molar-refractivity contribution in [2.45, 2.75) is 0 Å². The molecular weight excluding hydrogens is 335 g/mol. The molecule has 0 saturated carbocycles. The van der Waals surface area contributed by atoms with Crippen LogP contribution in [0.5, 0.6) is 0 Å². The highest BCUT2D eigenvalue weighted by atomic mass is 19.1. The van der Waals surface area contributed by atoms with Gasteiger partial charge in [-0.2, -0.15) is 9.78 Å². The topological polar surface area (TPSA) is 61.2 Å². The van der Waals surface area contributed by atoms with Gasteiger partial charge in [0.05, 0.1) is 5.69 Å². The fraction of sp³-hybridized carbons (Fsp3) is 0.0500. The van der Waals surface area contributed by atoms with Gasteiger partial charge in [0.25, 0.3) is 5.56 Å². The van der Waals surface area contributed by atoms with Crippen LogP contribution in [0.15, 0.2) is 77.6 Å². The molecule has 0 aliphatic carbocycles. The lowest BCUT2D eigenvalue weighted by atomic mass is 10.2. The Balaban J connectivity index is 1.70. The SMILES string of the molecule is O=C(OC/C=C/c1ccccc1)c1ccc(=O)n(-c2ccc(F)cc2)n1. The summed E-state index contributed by atoms with van der Waals surface area (Å²) >= 11 is 0. The Labute approximate surface area is 149 Å². The lowest BCUT2D eigenvalue weighted by Gasteiger charge is -2.06. The zero-order chi connectivity index (χ0) is 18.4. The molecule has 130 valence electrons. The number of hydrogen-bond acceptors (Lipinski definition) is 4. The predicted molar refractivity (Wildman–Crippen MR) is 95.6 cm³/mol. The van der Waals surface area contributed by atoms with E-state index in [2.05, 4.69) is 5.10 Å². The summed E-state index contributed by atoms with van der Waals surface area (Å²) in [6.45, 7) is 0.0745. The highest BCUT2D eigenvalue weighted by molar-refractivity contribution is 5.87. The Morgan fingerprint density at radius 3 is 2.50 bits per heavy atom. The Kier molecular flexibility index (Phi) is 5.34. The Morgan fingerprint density at radius 1 is 1.04 bits per heavy atom. The molecule has 6 heteroatoms. The number of benzene rings is 2. The van der Waals surface area contributed by atoms with Gasteiger partial charge < -0.3 is 4.74 Å². The van der Waals surface area contributed by atoms with Gasteiger partial charge in [-0.1, -0.05) is 36.4 Å². The number of halogens is 1. The van der Waals surface area contributed by atoms with Crippen molar-refractivity contribution in [2.75, 3.05) is 6.61 Å².